The van der Waals surface area contributed by atoms with Crippen LogP contribution in [0.15, 0.2) is 29.4 Å². The topological polar surface area (TPSA) is 80.6 Å². The van der Waals surface area contributed by atoms with Gasteiger partial charge in [0.15, 0.2) is 0 Å². The molecule has 3 aliphatic heterocycles. The van der Waals surface area contributed by atoms with Crippen molar-refractivity contribution in [2.24, 2.45) is 0 Å². The van der Waals surface area contributed by atoms with Gasteiger partial charge in [0.2, 0.25) is 5.95 Å². The van der Waals surface area contributed by atoms with Gasteiger partial charge in [-0.15, -0.1) is 0 Å². The minimum Gasteiger partial charge on any atom is -0.493 e. The molecule has 10 heteroatoms. The molecule has 8 nitrogen and oxygen atoms in total. The number of sulfone groups is 1. The lowest BCUT2D eigenvalue weighted by Crippen LogP contribution is -2.46. The Hall–Kier alpha value is -2.04. The summed E-state index contributed by atoms with van der Waals surface area (Å²) in [4.78, 5) is 8.05. The van der Waals surface area contributed by atoms with Crippen molar-refractivity contribution >= 4 is 33.3 Å². The Morgan fingerprint density at radius 2 is 2.09 bits per heavy atom. The fourth-order valence-electron chi connectivity index (χ4n) is 4.46. The number of likely N-dealkylation sites (tertiary alicyclic amines) is 1. The minimum absolute atomic E-state index is 0.225. The van der Waals surface area contributed by atoms with E-state index in [4.69, 9.17) is 4.74 Å². The third-order valence-corrected chi connectivity index (χ3v) is 8.36. The Labute approximate surface area is 193 Å². The lowest BCUT2D eigenvalue weighted by molar-refractivity contribution is 0.158. The summed E-state index contributed by atoms with van der Waals surface area (Å²) in [5.41, 5.74) is 3.75. The van der Waals surface area contributed by atoms with Crippen LogP contribution in [0.2, 0.25) is 0 Å². The van der Waals surface area contributed by atoms with Gasteiger partial charge in [0.05, 0.1) is 24.9 Å². The van der Waals surface area contributed by atoms with Crippen LogP contribution >= 0.6 is 11.9 Å². The molecule has 0 radical (unpaired) electrons. The molecule has 2 aromatic rings. The van der Waals surface area contributed by atoms with E-state index >= 15 is 0 Å². The number of fused-ring (bicyclic) bond motifs is 2. The van der Waals surface area contributed by atoms with E-state index in [0.29, 0.717) is 19.1 Å². The number of hydrogen-bond acceptors (Lipinski definition) is 8. The lowest BCUT2D eigenvalue weighted by atomic mass is 9.89. The van der Waals surface area contributed by atoms with Gasteiger partial charge in [-0.1, -0.05) is 12.1 Å². The van der Waals surface area contributed by atoms with E-state index in [2.05, 4.69) is 51.3 Å². The van der Waals surface area contributed by atoms with Gasteiger partial charge in [0.1, 0.15) is 21.9 Å². The van der Waals surface area contributed by atoms with Crippen molar-refractivity contribution in [3.05, 3.63) is 40.6 Å². The smallest absolute Gasteiger partial charge is 0.234 e. The largest absolute Gasteiger partial charge is 0.493 e. The average molecular weight is 476 g/mol. The van der Waals surface area contributed by atoms with Crippen molar-refractivity contribution < 1.29 is 13.2 Å². The van der Waals surface area contributed by atoms with Gasteiger partial charge in [-0.3, -0.25) is 4.31 Å². The molecule has 0 spiro atoms. The molecule has 4 heterocycles. The van der Waals surface area contributed by atoms with Gasteiger partial charge in [0.25, 0.3) is 0 Å². The summed E-state index contributed by atoms with van der Waals surface area (Å²) in [6.07, 6.45) is 3.81. The van der Waals surface area contributed by atoms with Crippen LogP contribution < -0.4 is 9.04 Å². The number of hydrogen-bond donors (Lipinski definition) is 0. The summed E-state index contributed by atoms with van der Waals surface area (Å²) in [6.45, 7) is 8.09. The number of anilines is 1. The van der Waals surface area contributed by atoms with Crippen LogP contribution in [-0.4, -0.2) is 72.9 Å². The minimum atomic E-state index is -2.91. The standard InChI is InChI=1S/C22H29N5O3S2/c1-15(2)27-22(23-14-24-27)26-13-19-18-5-4-16(10-20(18)30-8-6-21(19)31-26)17-11-25(12-17)7-9-32(3,28)29/h4-5,10,14-15,17H,6-9,11-13H2,1-3H3. The Balaban J connectivity index is 1.30. The van der Waals surface area contributed by atoms with Crippen molar-refractivity contribution in [3.63, 3.8) is 0 Å². The molecule has 0 atom stereocenters. The first-order valence-corrected chi connectivity index (χ1v) is 13.9. The maximum Gasteiger partial charge on any atom is 0.234 e. The molecule has 1 aromatic carbocycles. The van der Waals surface area contributed by atoms with Crippen molar-refractivity contribution in [3.8, 4) is 5.75 Å². The predicted molar refractivity (Wildman–Crippen MR) is 128 cm³/mol. The molecule has 5 rings (SSSR count). The maximum absolute atomic E-state index is 11.4. The van der Waals surface area contributed by atoms with Crippen LogP contribution in [0.1, 0.15) is 43.4 Å². The molecule has 0 amide bonds. The normalized spacial score (nSPS) is 19.6. The van der Waals surface area contributed by atoms with E-state index in [0.717, 1.165) is 37.8 Å². The number of aromatic nitrogens is 3. The molecular formula is C22H29N5O3S2. The summed E-state index contributed by atoms with van der Waals surface area (Å²) >= 11 is 1.75. The Kier molecular flexibility index (Phi) is 5.71. The van der Waals surface area contributed by atoms with Crippen LogP contribution in [0.5, 0.6) is 5.75 Å². The second-order valence-electron chi connectivity index (χ2n) is 9.07. The third-order valence-electron chi connectivity index (χ3n) is 6.25. The second kappa shape index (κ2) is 8.39. The van der Waals surface area contributed by atoms with Gasteiger partial charge in [-0.2, -0.15) is 10.1 Å². The first-order valence-electron chi connectivity index (χ1n) is 11.0. The average Bonchev–Trinajstić information content (AvgIpc) is 3.30. The van der Waals surface area contributed by atoms with E-state index in [1.54, 1.807) is 18.3 Å². The highest BCUT2D eigenvalue weighted by molar-refractivity contribution is 8.04. The van der Waals surface area contributed by atoms with Crippen LogP contribution in [0.4, 0.5) is 5.95 Å². The summed E-state index contributed by atoms with van der Waals surface area (Å²) in [5.74, 6) is 2.50. The summed E-state index contributed by atoms with van der Waals surface area (Å²) < 4.78 is 33.1. The van der Waals surface area contributed by atoms with Crippen molar-refractivity contribution in [2.45, 2.75) is 32.2 Å². The summed E-state index contributed by atoms with van der Waals surface area (Å²) in [7, 11) is -2.91. The zero-order chi connectivity index (χ0) is 22.5. The van der Waals surface area contributed by atoms with E-state index in [-0.39, 0.29) is 11.8 Å². The van der Waals surface area contributed by atoms with Crippen molar-refractivity contribution in [1.82, 2.24) is 19.7 Å². The van der Waals surface area contributed by atoms with Gasteiger partial charge in [0, 0.05) is 48.7 Å². The van der Waals surface area contributed by atoms with Gasteiger partial charge in [-0.25, -0.2) is 13.1 Å². The van der Waals surface area contributed by atoms with Gasteiger partial charge < -0.3 is 9.64 Å². The fourth-order valence-corrected chi connectivity index (χ4v) is 6.18. The van der Waals surface area contributed by atoms with Crippen LogP contribution in [0.3, 0.4) is 0 Å². The molecule has 0 saturated carbocycles. The van der Waals surface area contributed by atoms with Crippen LogP contribution in [0, 0.1) is 0 Å². The van der Waals surface area contributed by atoms with Gasteiger partial charge >= 0.3 is 0 Å². The number of rotatable bonds is 6. The quantitative estimate of drug-likeness (QED) is 0.590. The molecule has 1 aromatic heterocycles. The predicted octanol–water partition coefficient (Wildman–Crippen LogP) is 2.96. The van der Waals surface area contributed by atoms with Crippen LogP contribution in [-0.2, 0) is 9.84 Å². The third kappa shape index (κ3) is 4.27. The summed E-state index contributed by atoms with van der Waals surface area (Å²) in [6, 6.07) is 6.85. The first kappa shape index (κ1) is 21.8. The molecule has 1 saturated heterocycles. The summed E-state index contributed by atoms with van der Waals surface area (Å²) in [5, 5.41) is 4.39. The Bertz CT molecular complexity index is 1150. The molecule has 0 bridgehead atoms. The molecule has 172 valence electrons. The molecule has 3 aliphatic rings. The van der Waals surface area contributed by atoms with Crippen molar-refractivity contribution in [1.29, 1.82) is 0 Å². The SMILES string of the molecule is CC(C)n1ncnc1N1CC2=C(CCOc3cc(C4CN(CCS(C)(=O)=O)C4)ccc32)S1. The molecular weight excluding hydrogens is 446 g/mol. The molecule has 1 fully saturated rings. The Morgan fingerprint density at radius 3 is 2.84 bits per heavy atom. The zero-order valence-electron chi connectivity index (χ0n) is 18.7. The fraction of sp³-hybridized carbons (Fsp3) is 0.545. The highest BCUT2D eigenvalue weighted by Gasteiger charge is 2.33. The molecule has 0 unspecified atom stereocenters. The van der Waals surface area contributed by atoms with E-state index in [1.165, 1.54) is 27.9 Å². The zero-order valence-corrected chi connectivity index (χ0v) is 20.3. The second-order valence-corrected chi connectivity index (χ2v) is 12.4. The highest BCUT2D eigenvalue weighted by atomic mass is 32.2. The van der Waals surface area contributed by atoms with Gasteiger partial charge in [-0.05, 0) is 43.0 Å². The van der Waals surface area contributed by atoms with Crippen molar-refractivity contribution in [2.75, 3.05) is 49.1 Å². The van der Waals surface area contributed by atoms with Crippen LogP contribution in [0.25, 0.3) is 5.57 Å². The number of nitrogens with zero attached hydrogens (tertiary/aromatic N) is 5. The van der Waals surface area contributed by atoms with E-state index in [9.17, 15) is 8.42 Å². The lowest BCUT2D eigenvalue weighted by Gasteiger charge is -2.39. The molecule has 32 heavy (non-hydrogen) atoms. The first-order chi connectivity index (χ1) is 15.3. The van der Waals surface area contributed by atoms with E-state index < -0.39 is 9.84 Å². The number of benzene rings is 1. The molecule has 0 aliphatic carbocycles. The molecule has 0 N–H and O–H groups in total. The van der Waals surface area contributed by atoms with E-state index in [1.807, 2.05) is 4.68 Å². The Morgan fingerprint density at radius 1 is 1.28 bits per heavy atom. The number of ether oxygens (including phenoxy) is 1. The highest BCUT2D eigenvalue weighted by Crippen LogP contribution is 2.46. The maximum atomic E-state index is 11.4. The monoisotopic (exact) mass is 475 g/mol.